The van der Waals surface area contributed by atoms with Crippen molar-refractivity contribution in [3.05, 3.63) is 187 Å². The summed E-state index contributed by atoms with van der Waals surface area (Å²) in [6.45, 7) is 13.6. The monoisotopic (exact) mass is 885 g/mol. The normalized spacial score (nSPS) is 13.9. The Balaban J connectivity index is 1.10. The molecule has 8 aromatic carbocycles. The fourth-order valence-corrected chi connectivity index (χ4v) is 15.9. The van der Waals surface area contributed by atoms with Crippen molar-refractivity contribution in [1.82, 2.24) is 24.1 Å². The van der Waals surface area contributed by atoms with Gasteiger partial charge in [0.05, 0.1) is 22.1 Å². The first kappa shape index (κ1) is 39.5. The molecule has 13 rings (SSSR count). The van der Waals surface area contributed by atoms with E-state index in [1.54, 1.807) is 0 Å². The molecule has 324 valence electrons. The Morgan fingerprint density at radius 1 is 0.373 bits per heavy atom. The van der Waals surface area contributed by atoms with Gasteiger partial charge < -0.3 is 9.47 Å². The van der Waals surface area contributed by atoms with Crippen LogP contribution in [-0.4, -0.2) is 32.2 Å². The zero-order chi connectivity index (χ0) is 45.4. The lowest BCUT2D eigenvalue weighted by Crippen LogP contribution is -2.77. The summed E-state index contributed by atoms with van der Waals surface area (Å²) >= 11 is 0. The van der Waals surface area contributed by atoms with Crippen LogP contribution in [0.2, 0.25) is 0 Å². The lowest BCUT2D eigenvalue weighted by Gasteiger charge is -2.43. The zero-order valence-corrected chi connectivity index (χ0v) is 39.3. The van der Waals surface area contributed by atoms with Gasteiger partial charge in [-0.15, -0.1) is 0 Å². The Hall–Kier alpha value is -7.81. The molecule has 8 heteroatoms. The Kier molecular flexibility index (Phi) is 8.32. The summed E-state index contributed by atoms with van der Waals surface area (Å²) in [5, 5.41) is 9.36. The van der Waals surface area contributed by atoms with Crippen LogP contribution >= 0.6 is 0 Å². The number of hydrogen-bond donors (Lipinski definition) is 0. The van der Waals surface area contributed by atoms with Crippen molar-refractivity contribution >= 4 is 72.4 Å². The van der Waals surface area contributed by atoms with Gasteiger partial charge in [0.1, 0.15) is 23.0 Å². The van der Waals surface area contributed by atoms with Crippen molar-refractivity contribution in [2.75, 3.05) is 0 Å². The summed E-state index contributed by atoms with van der Waals surface area (Å²) in [5.41, 5.74) is 7.40. The Labute approximate surface area is 390 Å². The fourth-order valence-electron chi connectivity index (χ4n) is 10.8. The molecule has 67 heavy (non-hydrogen) atoms. The zero-order valence-electron chi connectivity index (χ0n) is 38.3. The summed E-state index contributed by atoms with van der Waals surface area (Å²) in [7, 11) is -2.96. The first-order valence-electron chi connectivity index (χ1n) is 23.1. The summed E-state index contributed by atoms with van der Waals surface area (Å²) in [5.74, 6) is 5.02. The first-order chi connectivity index (χ1) is 32.5. The average Bonchev–Trinajstić information content (AvgIpc) is 3.85. The van der Waals surface area contributed by atoms with Gasteiger partial charge in [0.15, 0.2) is 13.9 Å². The van der Waals surface area contributed by atoms with E-state index in [2.05, 4.69) is 227 Å². The third-order valence-corrected chi connectivity index (χ3v) is 18.9. The smallest absolute Gasteiger partial charge is 0.240 e. The highest BCUT2D eigenvalue weighted by atomic mass is 28.3. The maximum absolute atomic E-state index is 7.02. The van der Waals surface area contributed by atoms with Gasteiger partial charge in [-0.3, -0.25) is 9.13 Å². The quantitative estimate of drug-likeness (QED) is 0.165. The first-order valence-corrected chi connectivity index (χ1v) is 25.1. The number of benzene rings is 8. The van der Waals surface area contributed by atoms with Crippen LogP contribution in [0.15, 0.2) is 176 Å². The van der Waals surface area contributed by atoms with Crippen LogP contribution in [0.3, 0.4) is 0 Å². The van der Waals surface area contributed by atoms with Gasteiger partial charge in [0.2, 0.25) is 11.9 Å². The molecule has 3 aromatic heterocycles. The van der Waals surface area contributed by atoms with Crippen LogP contribution in [-0.2, 0) is 10.8 Å². The Bertz CT molecular complexity index is 3680. The van der Waals surface area contributed by atoms with Gasteiger partial charge in [-0.25, -0.2) is 0 Å². The molecule has 0 N–H and O–H groups in total. The van der Waals surface area contributed by atoms with Crippen LogP contribution in [0.5, 0.6) is 23.0 Å². The second-order valence-electron chi connectivity index (χ2n) is 20.1. The molecule has 0 amide bonds. The molecule has 0 saturated heterocycles. The average molecular weight is 886 g/mol. The predicted molar refractivity (Wildman–Crippen MR) is 275 cm³/mol. The molecule has 5 heterocycles. The highest BCUT2D eigenvalue weighted by Gasteiger charge is 2.53. The molecule has 0 unspecified atom stereocenters. The second-order valence-corrected chi connectivity index (χ2v) is 23.7. The van der Waals surface area contributed by atoms with E-state index in [4.69, 9.17) is 24.4 Å². The van der Waals surface area contributed by atoms with E-state index in [0.717, 1.165) is 66.6 Å². The van der Waals surface area contributed by atoms with E-state index in [-0.39, 0.29) is 10.8 Å². The molecule has 0 radical (unpaired) electrons. The van der Waals surface area contributed by atoms with Crippen molar-refractivity contribution < 1.29 is 9.47 Å². The Morgan fingerprint density at radius 2 is 0.776 bits per heavy atom. The summed E-state index contributed by atoms with van der Waals surface area (Å²) in [4.78, 5) is 16.4. The van der Waals surface area contributed by atoms with Crippen molar-refractivity contribution in [3.8, 4) is 46.3 Å². The minimum atomic E-state index is -2.96. The van der Waals surface area contributed by atoms with Crippen LogP contribution in [0.1, 0.15) is 52.7 Å². The standard InChI is InChI=1S/C59H47N5O2Si/c1-58(2,3)37-28-30-45-41(34-37)42-35-38(59(4,5)6)29-31-46(42)64(45)57-61-55(60-56(62-57)63-43-19-9-7-17-39(43)40-18-8-10-20-44(40)63)36-27-32-54-50(33-36)66-49-23-13-16-26-53(49)67(54)51-24-14-11-21-47(51)65-48-22-12-15-25-52(48)67/h7-35H,1-6H3. The highest BCUT2D eigenvalue weighted by molar-refractivity contribution is 7.21. The topological polar surface area (TPSA) is 67.0 Å². The number of hydrogen-bond acceptors (Lipinski definition) is 5. The number of ether oxygens (including phenoxy) is 2. The molecular formula is C59H47N5O2Si. The van der Waals surface area contributed by atoms with E-state index < -0.39 is 8.07 Å². The molecular weight excluding hydrogens is 839 g/mol. The van der Waals surface area contributed by atoms with Crippen molar-refractivity contribution in [2.45, 2.75) is 52.4 Å². The number of aromatic nitrogens is 5. The summed E-state index contributed by atoms with van der Waals surface area (Å²) in [6.07, 6.45) is 0. The minimum absolute atomic E-state index is 0.0421. The van der Waals surface area contributed by atoms with E-state index in [0.29, 0.717) is 17.7 Å². The Morgan fingerprint density at radius 3 is 1.25 bits per heavy atom. The van der Waals surface area contributed by atoms with Crippen LogP contribution in [0.4, 0.5) is 0 Å². The summed E-state index contributed by atoms with van der Waals surface area (Å²) < 4.78 is 18.1. The van der Waals surface area contributed by atoms with Gasteiger partial charge in [-0.2, -0.15) is 15.0 Å². The van der Waals surface area contributed by atoms with Crippen molar-refractivity contribution in [2.24, 2.45) is 0 Å². The van der Waals surface area contributed by atoms with Crippen LogP contribution in [0.25, 0.3) is 66.9 Å². The molecule has 11 aromatic rings. The molecule has 0 fully saturated rings. The molecule has 2 aliphatic heterocycles. The fraction of sp³-hybridized carbons (Fsp3) is 0.136. The number of nitrogens with zero attached hydrogens (tertiary/aromatic N) is 5. The molecule has 0 atom stereocenters. The van der Waals surface area contributed by atoms with Gasteiger partial charge in [0, 0.05) is 27.1 Å². The van der Waals surface area contributed by atoms with Crippen molar-refractivity contribution in [3.63, 3.8) is 0 Å². The number of fused-ring (bicyclic) bond motifs is 14. The van der Waals surface area contributed by atoms with Gasteiger partial charge in [-0.05, 0) is 103 Å². The van der Waals surface area contributed by atoms with Gasteiger partial charge in [-0.1, -0.05) is 157 Å². The largest absolute Gasteiger partial charge is 0.458 e. The van der Waals surface area contributed by atoms with E-state index in [1.165, 1.54) is 37.5 Å². The second kappa shape index (κ2) is 14.1. The maximum Gasteiger partial charge on any atom is 0.240 e. The van der Waals surface area contributed by atoms with Crippen LogP contribution < -0.4 is 30.2 Å². The summed E-state index contributed by atoms with van der Waals surface area (Å²) in [6, 6.07) is 62.9. The molecule has 0 aliphatic carbocycles. The SMILES string of the molecule is CC(C)(C)c1ccc2c(c1)c1cc(C(C)(C)C)ccc1n2-c1nc(-c2ccc3c(c2)Oc2ccccc2[Si]32c3ccccc3Oc3ccccc32)nc(-n2c3ccccc3c3ccccc32)n1. The minimum Gasteiger partial charge on any atom is -0.458 e. The van der Waals surface area contributed by atoms with Gasteiger partial charge >= 0.3 is 0 Å². The van der Waals surface area contributed by atoms with Gasteiger partial charge in [0.25, 0.3) is 0 Å². The van der Waals surface area contributed by atoms with E-state index in [1.807, 2.05) is 0 Å². The lowest BCUT2D eigenvalue weighted by molar-refractivity contribution is 0.482. The van der Waals surface area contributed by atoms with E-state index >= 15 is 0 Å². The van der Waals surface area contributed by atoms with E-state index in [9.17, 15) is 0 Å². The number of para-hydroxylation sites is 5. The predicted octanol–water partition coefficient (Wildman–Crippen LogP) is 11.9. The lowest BCUT2D eigenvalue weighted by atomic mass is 9.85. The molecule has 0 bridgehead atoms. The molecule has 0 saturated carbocycles. The third-order valence-electron chi connectivity index (χ3n) is 14.0. The molecule has 1 spiro atoms. The highest BCUT2D eigenvalue weighted by Crippen LogP contribution is 2.40. The van der Waals surface area contributed by atoms with Crippen LogP contribution in [0, 0.1) is 0 Å². The molecule has 7 nitrogen and oxygen atoms in total. The third kappa shape index (κ3) is 5.79. The molecule has 2 aliphatic rings. The van der Waals surface area contributed by atoms with Crippen molar-refractivity contribution in [1.29, 1.82) is 0 Å². The number of rotatable bonds is 3. The maximum atomic E-state index is 7.02.